The molecule has 0 spiro atoms. The number of nitrogens with zero attached hydrogens (tertiary/aromatic N) is 2. The maximum absolute atomic E-state index is 12.1. The predicted molar refractivity (Wildman–Crippen MR) is 60.5 cm³/mol. The van der Waals surface area contributed by atoms with Crippen molar-refractivity contribution in [2.75, 3.05) is 12.4 Å². The number of rotatable bonds is 4. The van der Waals surface area contributed by atoms with E-state index in [1.54, 1.807) is 6.07 Å². The summed E-state index contributed by atoms with van der Waals surface area (Å²) in [6.07, 6.45) is 5.94. The molecule has 88 valence electrons. The number of hydrogen-bond acceptors (Lipinski definition) is 3. The monoisotopic (exact) mass is 242 g/mol. The second kappa shape index (κ2) is 5.34. The molecule has 0 aliphatic heterocycles. The van der Waals surface area contributed by atoms with Gasteiger partial charge in [-0.1, -0.05) is 18.0 Å². The molecular weight excluding hydrogens is 228 g/mol. The second-order valence-corrected chi connectivity index (χ2v) is 4.39. The van der Waals surface area contributed by atoms with E-state index in [1.165, 1.54) is 19.1 Å². The average molecular weight is 243 g/mol. The lowest BCUT2D eigenvalue weighted by atomic mass is 10.2. The third-order valence-corrected chi connectivity index (χ3v) is 3.18. The van der Waals surface area contributed by atoms with Crippen molar-refractivity contribution in [2.45, 2.75) is 31.7 Å². The molecule has 1 saturated carbocycles. The van der Waals surface area contributed by atoms with E-state index in [1.807, 2.05) is 4.90 Å². The van der Waals surface area contributed by atoms with Gasteiger partial charge >= 0.3 is 0 Å². The van der Waals surface area contributed by atoms with Gasteiger partial charge in [-0.25, -0.2) is 0 Å². The molecule has 0 unspecified atom stereocenters. The van der Waals surface area contributed by atoms with Crippen molar-refractivity contribution in [3.05, 3.63) is 18.0 Å². The number of alkyl halides is 1. The van der Waals surface area contributed by atoms with Gasteiger partial charge in [-0.05, 0) is 12.8 Å². The maximum atomic E-state index is 12.1. The highest BCUT2D eigenvalue weighted by atomic mass is 35.5. The van der Waals surface area contributed by atoms with E-state index in [-0.39, 0.29) is 5.91 Å². The molecule has 1 fully saturated rings. The Balaban J connectivity index is 2.09. The van der Waals surface area contributed by atoms with Gasteiger partial charge in [0, 0.05) is 24.5 Å². The number of carbonyl (C=O) groups is 1. The van der Waals surface area contributed by atoms with Gasteiger partial charge < -0.3 is 9.42 Å². The minimum absolute atomic E-state index is 0.0682. The molecule has 0 aromatic carbocycles. The van der Waals surface area contributed by atoms with Crippen LogP contribution in [0.5, 0.6) is 0 Å². The summed E-state index contributed by atoms with van der Waals surface area (Å²) in [6.45, 7) is 0.581. The number of hydrogen-bond donors (Lipinski definition) is 0. The van der Waals surface area contributed by atoms with Gasteiger partial charge in [0.15, 0.2) is 5.69 Å². The molecule has 1 aliphatic carbocycles. The Bertz CT molecular complexity index is 334. The zero-order valence-electron chi connectivity index (χ0n) is 9.06. The first-order valence-electron chi connectivity index (χ1n) is 5.60. The maximum Gasteiger partial charge on any atom is 0.276 e. The molecule has 5 heteroatoms. The Morgan fingerprint density at radius 2 is 2.31 bits per heavy atom. The van der Waals surface area contributed by atoms with E-state index < -0.39 is 0 Å². The summed E-state index contributed by atoms with van der Waals surface area (Å²) in [5, 5.41) is 3.68. The smallest absolute Gasteiger partial charge is 0.276 e. The highest BCUT2D eigenvalue weighted by Gasteiger charge is 2.28. The molecule has 16 heavy (non-hydrogen) atoms. The summed E-state index contributed by atoms with van der Waals surface area (Å²) < 4.78 is 4.70. The van der Waals surface area contributed by atoms with Crippen molar-refractivity contribution in [1.82, 2.24) is 10.1 Å². The standard InChI is InChI=1S/C11H15ClN2O2/c12-6-7-14(9-3-1-2-4-9)11(15)10-5-8-16-13-10/h5,8-9H,1-4,6-7H2. The summed E-state index contributed by atoms with van der Waals surface area (Å²) >= 11 is 5.74. The largest absolute Gasteiger partial charge is 0.364 e. The molecule has 0 radical (unpaired) electrons. The van der Waals surface area contributed by atoms with Gasteiger partial charge in [-0.2, -0.15) is 0 Å². The molecule has 4 nitrogen and oxygen atoms in total. The Labute approximate surface area is 99.5 Å². The van der Waals surface area contributed by atoms with Gasteiger partial charge in [-0.3, -0.25) is 4.79 Å². The lowest BCUT2D eigenvalue weighted by Crippen LogP contribution is -2.40. The number of halogens is 1. The fourth-order valence-corrected chi connectivity index (χ4v) is 2.41. The molecule has 1 aliphatic rings. The van der Waals surface area contributed by atoms with Gasteiger partial charge in [0.25, 0.3) is 5.91 Å². The van der Waals surface area contributed by atoms with E-state index in [2.05, 4.69) is 5.16 Å². The molecule has 1 heterocycles. The fourth-order valence-electron chi connectivity index (χ4n) is 2.23. The Kier molecular flexibility index (Phi) is 3.83. The van der Waals surface area contributed by atoms with Gasteiger partial charge in [0.05, 0.1) is 0 Å². The van der Waals surface area contributed by atoms with Crippen molar-refractivity contribution in [3.8, 4) is 0 Å². The summed E-state index contributed by atoms with van der Waals surface area (Å²) in [4.78, 5) is 14.0. The quantitative estimate of drug-likeness (QED) is 0.761. The van der Waals surface area contributed by atoms with Gasteiger partial charge in [0.2, 0.25) is 0 Å². The van der Waals surface area contributed by atoms with E-state index in [0.717, 1.165) is 12.8 Å². The number of carbonyl (C=O) groups excluding carboxylic acids is 1. The Morgan fingerprint density at radius 3 is 2.88 bits per heavy atom. The van der Waals surface area contributed by atoms with Crippen LogP contribution in [-0.2, 0) is 0 Å². The van der Waals surface area contributed by atoms with E-state index >= 15 is 0 Å². The lowest BCUT2D eigenvalue weighted by Gasteiger charge is -2.27. The van der Waals surface area contributed by atoms with Crippen LogP contribution in [0.3, 0.4) is 0 Å². The van der Waals surface area contributed by atoms with Gasteiger partial charge in [0.1, 0.15) is 6.26 Å². The van der Waals surface area contributed by atoms with Crippen LogP contribution >= 0.6 is 11.6 Å². The third-order valence-electron chi connectivity index (χ3n) is 3.01. The molecule has 0 atom stereocenters. The highest BCUT2D eigenvalue weighted by molar-refractivity contribution is 6.18. The molecule has 1 aromatic rings. The van der Waals surface area contributed by atoms with Crippen LogP contribution in [0.4, 0.5) is 0 Å². The van der Waals surface area contributed by atoms with Crippen LogP contribution in [0.25, 0.3) is 0 Å². The highest BCUT2D eigenvalue weighted by Crippen LogP contribution is 2.24. The molecule has 1 amide bonds. The molecule has 0 saturated heterocycles. The molecule has 2 rings (SSSR count). The van der Waals surface area contributed by atoms with Crippen molar-refractivity contribution in [1.29, 1.82) is 0 Å². The third kappa shape index (κ3) is 2.38. The van der Waals surface area contributed by atoms with Crippen LogP contribution < -0.4 is 0 Å². The zero-order chi connectivity index (χ0) is 11.4. The minimum atomic E-state index is -0.0682. The Morgan fingerprint density at radius 1 is 1.56 bits per heavy atom. The van der Waals surface area contributed by atoms with Crippen LogP contribution in [0.2, 0.25) is 0 Å². The normalized spacial score (nSPS) is 16.6. The molecule has 1 aromatic heterocycles. The number of amides is 1. The number of aromatic nitrogens is 1. The topological polar surface area (TPSA) is 46.3 Å². The van der Waals surface area contributed by atoms with Gasteiger partial charge in [-0.15, -0.1) is 11.6 Å². The minimum Gasteiger partial charge on any atom is -0.364 e. The summed E-state index contributed by atoms with van der Waals surface area (Å²) in [5.41, 5.74) is 0.372. The van der Waals surface area contributed by atoms with E-state index in [9.17, 15) is 4.79 Å². The lowest BCUT2D eigenvalue weighted by molar-refractivity contribution is 0.0684. The average Bonchev–Trinajstić information content (AvgIpc) is 2.96. The zero-order valence-corrected chi connectivity index (χ0v) is 9.82. The second-order valence-electron chi connectivity index (χ2n) is 4.01. The van der Waals surface area contributed by atoms with Crippen molar-refractivity contribution in [2.24, 2.45) is 0 Å². The summed E-state index contributed by atoms with van der Waals surface area (Å²) in [7, 11) is 0. The fraction of sp³-hybridized carbons (Fsp3) is 0.636. The predicted octanol–water partition coefficient (Wildman–Crippen LogP) is 2.30. The van der Waals surface area contributed by atoms with Crippen LogP contribution in [0.15, 0.2) is 16.9 Å². The summed E-state index contributed by atoms with van der Waals surface area (Å²) in [5.74, 6) is 0.390. The van der Waals surface area contributed by atoms with Crippen LogP contribution in [0, 0.1) is 0 Å². The first-order valence-corrected chi connectivity index (χ1v) is 6.13. The van der Waals surface area contributed by atoms with Crippen molar-refractivity contribution < 1.29 is 9.32 Å². The van der Waals surface area contributed by atoms with Crippen LogP contribution in [-0.4, -0.2) is 34.4 Å². The molecular formula is C11H15ClN2O2. The van der Waals surface area contributed by atoms with Crippen molar-refractivity contribution in [3.63, 3.8) is 0 Å². The summed E-state index contributed by atoms with van der Waals surface area (Å²) in [6, 6.07) is 1.92. The van der Waals surface area contributed by atoms with E-state index in [0.29, 0.717) is 24.2 Å². The Hall–Kier alpha value is -1.03. The van der Waals surface area contributed by atoms with Crippen molar-refractivity contribution >= 4 is 17.5 Å². The molecule has 0 bridgehead atoms. The molecule has 0 N–H and O–H groups in total. The first kappa shape index (κ1) is 11.5. The van der Waals surface area contributed by atoms with E-state index in [4.69, 9.17) is 16.1 Å². The first-order chi connectivity index (χ1) is 7.83. The SMILES string of the molecule is O=C(c1ccon1)N(CCCl)C1CCCC1. The van der Waals surface area contributed by atoms with Crippen LogP contribution in [0.1, 0.15) is 36.2 Å².